The van der Waals surface area contributed by atoms with E-state index in [0.717, 1.165) is 28.3 Å². The Bertz CT molecular complexity index is 381. The van der Waals surface area contributed by atoms with Crippen LogP contribution < -0.4 is 10.6 Å². The summed E-state index contributed by atoms with van der Waals surface area (Å²) >= 11 is 3.44. The lowest BCUT2D eigenvalue weighted by atomic mass is 10.1. The molecule has 0 amide bonds. The summed E-state index contributed by atoms with van der Waals surface area (Å²) in [6.07, 6.45) is 3.09. The maximum Gasteiger partial charge on any atom is 0.133 e. The summed E-state index contributed by atoms with van der Waals surface area (Å²) in [5.41, 5.74) is 6.90. The van der Waals surface area contributed by atoms with E-state index in [9.17, 15) is 0 Å². The van der Waals surface area contributed by atoms with Crippen molar-refractivity contribution in [3.05, 3.63) is 22.3 Å². The van der Waals surface area contributed by atoms with Gasteiger partial charge in [-0.2, -0.15) is 0 Å². The molecule has 1 aliphatic heterocycles. The summed E-state index contributed by atoms with van der Waals surface area (Å²) in [6, 6.07) is 2.63. The summed E-state index contributed by atoms with van der Waals surface area (Å²) in [5, 5.41) is 0. The van der Waals surface area contributed by atoms with Crippen LogP contribution in [-0.2, 0) is 6.54 Å². The number of nitrogens with two attached hydrogens (primary N) is 1. The van der Waals surface area contributed by atoms with Crippen LogP contribution in [0.5, 0.6) is 0 Å². The van der Waals surface area contributed by atoms with Crippen molar-refractivity contribution in [3.8, 4) is 0 Å². The zero-order chi connectivity index (χ0) is 11.7. The average Bonchev–Trinajstić information content (AvgIpc) is 2.57. The fourth-order valence-corrected chi connectivity index (χ4v) is 2.86. The van der Waals surface area contributed by atoms with Crippen LogP contribution in [0.25, 0.3) is 0 Å². The van der Waals surface area contributed by atoms with Crippen LogP contribution in [0.3, 0.4) is 0 Å². The first-order chi connectivity index (χ1) is 7.61. The minimum atomic E-state index is 0.541. The smallest absolute Gasteiger partial charge is 0.133 e. The maximum atomic E-state index is 5.78. The van der Waals surface area contributed by atoms with Gasteiger partial charge < -0.3 is 10.6 Å². The normalized spacial score (nSPS) is 25.1. The van der Waals surface area contributed by atoms with Crippen LogP contribution in [-0.4, -0.2) is 17.6 Å². The van der Waals surface area contributed by atoms with Crippen molar-refractivity contribution in [2.75, 3.05) is 11.4 Å². The van der Waals surface area contributed by atoms with Gasteiger partial charge in [0, 0.05) is 35.4 Å². The number of halogens is 1. The molecule has 0 saturated carbocycles. The zero-order valence-electron chi connectivity index (χ0n) is 9.78. The molecular formula is C12H18BrN3. The molecule has 2 N–H and O–H groups in total. The molecule has 16 heavy (non-hydrogen) atoms. The van der Waals surface area contributed by atoms with E-state index in [1.807, 2.05) is 6.20 Å². The molecule has 1 aromatic rings. The number of hydrogen-bond donors (Lipinski definition) is 1. The molecule has 3 nitrogen and oxygen atoms in total. The van der Waals surface area contributed by atoms with Gasteiger partial charge in [0.25, 0.3) is 0 Å². The van der Waals surface area contributed by atoms with Crippen LogP contribution in [0.2, 0.25) is 0 Å². The average molecular weight is 284 g/mol. The second-order valence-electron chi connectivity index (χ2n) is 4.68. The molecule has 4 heteroatoms. The van der Waals surface area contributed by atoms with Gasteiger partial charge in [0.1, 0.15) is 5.82 Å². The van der Waals surface area contributed by atoms with E-state index in [2.05, 4.69) is 45.7 Å². The van der Waals surface area contributed by atoms with E-state index in [4.69, 9.17) is 5.73 Å². The van der Waals surface area contributed by atoms with E-state index >= 15 is 0 Å². The Labute approximate surface area is 105 Å². The van der Waals surface area contributed by atoms with Crippen molar-refractivity contribution in [2.24, 2.45) is 11.7 Å². The van der Waals surface area contributed by atoms with Gasteiger partial charge >= 0.3 is 0 Å². The lowest BCUT2D eigenvalue weighted by Crippen LogP contribution is -2.29. The van der Waals surface area contributed by atoms with Crippen LogP contribution in [0, 0.1) is 5.92 Å². The molecule has 2 unspecified atom stereocenters. The Balaban J connectivity index is 2.32. The summed E-state index contributed by atoms with van der Waals surface area (Å²) in [6.45, 7) is 6.17. The topological polar surface area (TPSA) is 42.2 Å². The van der Waals surface area contributed by atoms with Crippen molar-refractivity contribution in [1.29, 1.82) is 0 Å². The third-order valence-corrected chi connectivity index (χ3v) is 3.62. The molecule has 0 aliphatic carbocycles. The number of hydrogen-bond acceptors (Lipinski definition) is 3. The Morgan fingerprint density at radius 2 is 2.31 bits per heavy atom. The van der Waals surface area contributed by atoms with Gasteiger partial charge in [-0.15, -0.1) is 0 Å². The first-order valence-corrected chi connectivity index (χ1v) is 6.52. The molecule has 1 aromatic heterocycles. The van der Waals surface area contributed by atoms with Crippen LogP contribution in [0.1, 0.15) is 25.8 Å². The van der Waals surface area contributed by atoms with E-state index in [-0.39, 0.29) is 0 Å². The Morgan fingerprint density at radius 1 is 1.56 bits per heavy atom. The molecule has 0 spiro atoms. The predicted molar refractivity (Wildman–Crippen MR) is 70.4 cm³/mol. The van der Waals surface area contributed by atoms with Gasteiger partial charge in [-0.1, -0.05) is 6.92 Å². The zero-order valence-corrected chi connectivity index (χ0v) is 11.4. The highest BCUT2D eigenvalue weighted by atomic mass is 79.9. The standard InChI is InChI=1S/C12H18BrN3/c1-8-3-9(2)16(7-8)12-10(5-14)4-11(13)6-15-12/h4,6,8-9H,3,5,7,14H2,1-2H3. The second kappa shape index (κ2) is 4.72. The van der Waals surface area contributed by atoms with Crippen LogP contribution in [0.4, 0.5) is 5.82 Å². The number of rotatable bonds is 2. The minimum Gasteiger partial charge on any atom is -0.353 e. The van der Waals surface area contributed by atoms with Crippen molar-refractivity contribution >= 4 is 21.7 Å². The fourth-order valence-electron chi connectivity index (χ4n) is 2.48. The molecular weight excluding hydrogens is 266 g/mol. The van der Waals surface area contributed by atoms with Crippen LogP contribution >= 0.6 is 15.9 Å². The Hall–Kier alpha value is -0.610. The van der Waals surface area contributed by atoms with Gasteiger partial charge in [-0.05, 0) is 41.3 Å². The Kier molecular flexibility index (Phi) is 3.50. The van der Waals surface area contributed by atoms with Crippen molar-refractivity contribution in [3.63, 3.8) is 0 Å². The SMILES string of the molecule is CC1CC(C)N(c2ncc(Br)cc2CN)C1. The second-order valence-corrected chi connectivity index (χ2v) is 5.60. The number of aromatic nitrogens is 1. The predicted octanol–water partition coefficient (Wildman–Crippen LogP) is 2.54. The molecule has 2 heterocycles. The number of pyridine rings is 1. The third-order valence-electron chi connectivity index (χ3n) is 3.19. The van der Waals surface area contributed by atoms with Crippen molar-refractivity contribution in [2.45, 2.75) is 32.9 Å². The van der Waals surface area contributed by atoms with Gasteiger partial charge in [-0.3, -0.25) is 0 Å². The van der Waals surface area contributed by atoms with E-state index < -0.39 is 0 Å². The molecule has 0 radical (unpaired) electrons. The lowest BCUT2D eigenvalue weighted by Gasteiger charge is -2.25. The monoisotopic (exact) mass is 283 g/mol. The number of nitrogens with zero attached hydrogens (tertiary/aromatic N) is 2. The lowest BCUT2D eigenvalue weighted by molar-refractivity contribution is 0.625. The molecule has 0 bridgehead atoms. The van der Waals surface area contributed by atoms with Gasteiger partial charge in [0.05, 0.1) is 0 Å². The summed E-state index contributed by atoms with van der Waals surface area (Å²) < 4.78 is 0.997. The number of anilines is 1. The summed E-state index contributed by atoms with van der Waals surface area (Å²) in [7, 11) is 0. The van der Waals surface area contributed by atoms with Crippen molar-refractivity contribution < 1.29 is 0 Å². The highest BCUT2D eigenvalue weighted by Gasteiger charge is 2.28. The van der Waals surface area contributed by atoms with Gasteiger partial charge in [0.15, 0.2) is 0 Å². The largest absolute Gasteiger partial charge is 0.353 e. The van der Waals surface area contributed by atoms with Crippen LogP contribution in [0.15, 0.2) is 16.7 Å². The molecule has 1 fully saturated rings. The molecule has 1 aliphatic rings. The third kappa shape index (κ3) is 2.23. The molecule has 2 rings (SSSR count). The summed E-state index contributed by atoms with van der Waals surface area (Å²) in [5.74, 6) is 1.80. The fraction of sp³-hybridized carbons (Fsp3) is 0.583. The van der Waals surface area contributed by atoms with Gasteiger partial charge in [-0.25, -0.2) is 4.98 Å². The van der Waals surface area contributed by atoms with Gasteiger partial charge in [0.2, 0.25) is 0 Å². The first-order valence-electron chi connectivity index (χ1n) is 5.73. The molecule has 1 saturated heterocycles. The summed E-state index contributed by atoms with van der Waals surface area (Å²) in [4.78, 5) is 6.89. The van der Waals surface area contributed by atoms with E-state index in [1.54, 1.807) is 0 Å². The maximum absolute atomic E-state index is 5.78. The molecule has 2 atom stereocenters. The Morgan fingerprint density at radius 3 is 2.88 bits per heavy atom. The highest BCUT2D eigenvalue weighted by Crippen LogP contribution is 2.30. The minimum absolute atomic E-state index is 0.541. The highest BCUT2D eigenvalue weighted by molar-refractivity contribution is 9.10. The van der Waals surface area contributed by atoms with Crippen molar-refractivity contribution in [1.82, 2.24) is 4.98 Å². The quantitative estimate of drug-likeness (QED) is 0.907. The molecule has 0 aromatic carbocycles. The first kappa shape index (κ1) is 11.9. The van der Waals surface area contributed by atoms with E-state index in [0.29, 0.717) is 12.6 Å². The molecule has 88 valence electrons. The van der Waals surface area contributed by atoms with E-state index in [1.165, 1.54) is 6.42 Å².